The van der Waals surface area contributed by atoms with Crippen molar-refractivity contribution in [1.29, 1.82) is 0 Å². The quantitative estimate of drug-likeness (QED) is 0.210. The molecule has 0 bridgehead atoms. The summed E-state index contributed by atoms with van der Waals surface area (Å²) in [6.45, 7) is 13.2. The molecule has 0 saturated heterocycles. The standard InChI is InChI=1S/C36H38O4/c1-35(2,3)25-18-29(36(4,5)6)28(31(38)19-25)21-40-20-24-17-23-12-8-10-14-27(23)33(34(24)39)32-26-13-9-7-11-22(26)15-16-30(32)37/h7-19,37-39H,20-21H2,1-6H3. The summed E-state index contributed by atoms with van der Waals surface area (Å²) in [5.41, 5.74) is 4.38. The molecule has 5 rings (SSSR count). The number of rotatable bonds is 5. The van der Waals surface area contributed by atoms with Crippen LogP contribution in [0.15, 0.2) is 78.9 Å². The van der Waals surface area contributed by atoms with Crippen molar-refractivity contribution < 1.29 is 20.1 Å². The molecular weight excluding hydrogens is 496 g/mol. The fourth-order valence-corrected chi connectivity index (χ4v) is 5.45. The van der Waals surface area contributed by atoms with Crippen molar-refractivity contribution in [2.75, 3.05) is 0 Å². The SMILES string of the molecule is CC(C)(C)c1cc(O)c(COCc2cc3ccccc3c(-c3c(O)ccc4ccccc34)c2O)c(C(C)(C)C)c1. The highest BCUT2D eigenvalue weighted by Gasteiger charge is 2.25. The molecule has 3 N–H and O–H groups in total. The summed E-state index contributed by atoms with van der Waals surface area (Å²) < 4.78 is 6.20. The van der Waals surface area contributed by atoms with E-state index in [9.17, 15) is 15.3 Å². The Morgan fingerprint density at radius 1 is 0.600 bits per heavy atom. The zero-order valence-corrected chi connectivity index (χ0v) is 24.2. The van der Waals surface area contributed by atoms with Crippen LogP contribution in [0.5, 0.6) is 17.2 Å². The normalized spacial score (nSPS) is 12.3. The van der Waals surface area contributed by atoms with Gasteiger partial charge in [-0.2, -0.15) is 0 Å². The lowest BCUT2D eigenvalue weighted by Crippen LogP contribution is -2.19. The topological polar surface area (TPSA) is 69.9 Å². The number of aromatic hydroxyl groups is 3. The molecule has 0 radical (unpaired) electrons. The van der Waals surface area contributed by atoms with E-state index in [1.807, 2.05) is 66.7 Å². The zero-order valence-electron chi connectivity index (χ0n) is 24.2. The third-order valence-electron chi connectivity index (χ3n) is 7.66. The minimum Gasteiger partial charge on any atom is -0.508 e. The van der Waals surface area contributed by atoms with E-state index in [4.69, 9.17) is 4.74 Å². The van der Waals surface area contributed by atoms with Gasteiger partial charge in [-0.25, -0.2) is 0 Å². The maximum absolute atomic E-state index is 11.6. The second kappa shape index (κ2) is 10.2. The molecule has 0 fully saturated rings. The lowest BCUT2D eigenvalue weighted by atomic mass is 9.78. The van der Waals surface area contributed by atoms with Crippen LogP contribution in [0.25, 0.3) is 32.7 Å². The average molecular weight is 535 g/mol. The van der Waals surface area contributed by atoms with Crippen molar-refractivity contribution in [2.45, 2.75) is 65.6 Å². The van der Waals surface area contributed by atoms with Gasteiger partial charge < -0.3 is 20.1 Å². The summed E-state index contributed by atoms with van der Waals surface area (Å²) in [4.78, 5) is 0. The summed E-state index contributed by atoms with van der Waals surface area (Å²) in [5.74, 6) is 0.408. The maximum Gasteiger partial charge on any atom is 0.129 e. The number of phenolic OH excluding ortho intramolecular Hbond substituents is 3. The van der Waals surface area contributed by atoms with E-state index in [0.29, 0.717) is 16.7 Å². The molecule has 4 nitrogen and oxygen atoms in total. The summed E-state index contributed by atoms with van der Waals surface area (Å²) >= 11 is 0. The summed E-state index contributed by atoms with van der Waals surface area (Å²) in [5, 5.41) is 37.3. The van der Waals surface area contributed by atoms with Crippen molar-refractivity contribution >= 4 is 21.5 Å². The highest BCUT2D eigenvalue weighted by atomic mass is 16.5. The third kappa shape index (κ3) is 5.12. The first-order valence-electron chi connectivity index (χ1n) is 13.8. The number of benzene rings is 5. The summed E-state index contributed by atoms with van der Waals surface area (Å²) in [7, 11) is 0. The van der Waals surface area contributed by atoms with E-state index in [-0.39, 0.29) is 41.3 Å². The molecule has 0 aliphatic heterocycles. The van der Waals surface area contributed by atoms with Crippen LogP contribution in [-0.2, 0) is 28.8 Å². The second-order valence-corrected chi connectivity index (χ2v) is 12.7. The van der Waals surface area contributed by atoms with E-state index in [0.717, 1.165) is 38.2 Å². The van der Waals surface area contributed by atoms with Crippen molar-refractivity contribution in [2.24, 2.45) is 0 Å². The Bertz CT molecular complexity index is 1720. The molecule has 5 aromatic rings. The van der Waals surface area contributed by atoms with E-state index >= 15 is 0 Å². The Kier molecular flexibility index (Phi) is 7.01. The van der Waals surface area contributed by atoms with Crippen LogP contribution in [-0.4, -0.2) is 15.3 Å². The van der Waals surface area contributed by atoms with Gasteiger partial charge in [-0.3, -0.25) is 0 Å². The number of hydrogen-bond acceptors (Lipinski definition) is 4. The molecule has 0 aliphatic carbocycles. The van der Waals surface area contributed by atoms with Crippen LogP contribution in [0, 0.1) is 0 Å². The van der Waals surface area contributed by atoms with Crippen LogP contribution in [0.3, 0.4) is 0 Å². The van der Waals surface area contributed by atoms with Crippen molar-refractivity contribution in [3.63, 3.8) is 0 Å². The molecule has 0 unspecified atom stereocenters. The minimum atomic E-state index is -0.193. The van der Waals surface area contributed by atoms with E-state index in [1.165, 1.54) is 0 Å². The number of hydrogen-bond donors (Lipinski definition) is 3. The van der Waals surface area contributed by atoms with Crippen molar-refractivity contribution in [3.8, 4) is 28.4 Å². The van der Waals surface area contributed by atoms with Crippen LogP contribution in [0.4, 0.5) is 0 Å². The molecule has 4 heteroatoms. The first-order valence-corrected chi connectivity index (χ1v) is 13.8. The van der Waals surface area contributed by atoms with E-state index in [2.05, 4.69) is 47.6 Å². The lowest BCUT2D eigenvalue weighted by molar-refractivity contribution is 0.103. The molecule has 0 aromatic heterocycles. The van der Waals surface area contributed by atoms with Gasteiger partial charge >= 0.3 is 0 Å². The van der Waals surface area contributed by atoms with E-state index < -0.39 is 0 Å². The smallest absolute Gasteiger partial charge is 0.129 e. The molecule has 0 spiro atoms. The molecule has 0 heterocycles. The second-order valence-electron chi connectivity index (χ2n) is 12.7. The fourth-order valence-electron chi connectivity index (χ4n) is 5.45. The van der Waals surface area contributed by atoms with Crippen molar-refractivity contribution in [3.05, 3.63) is 101 Å². The Labute approximate surface area is 236 Å². The van der Waals surface area contributed by atoms with Crippen LogP contribution < -0.4 is 0 Å². The van der Waals surface area contributed by atoms with Gasteiger partial charge in [0.25, 0.3) is 0 Å². The molecule has 0 saturated carbocycles. The van der Waals surface area contributed by atoms with Gasteiger partial charge in [0.05, 0.1) is 13.2 Å². The molecule has 206 valence electrons. The number of fused-ring (bicyclic) bond motifs is 2. The minimum absolute atomic E-state index is 0.0775. The van der Waals surface area contributed by atoms with Crippen molar-refractivity contribution in [1.82, 2.24) is 0 Å². The van der Waals surface area contributed by atoms with Gasteiger partial charge in [0.2, 0.25) is 0 Å². The molecule has 5 aromatic carbocycles. The van der Waals surface area contributed by atoms with Gasteiger partial charge in [-0.15, -0.1) is 0 Å². The molecule has 0 aliphatic rings. The van der Waals surface area contributed by atoms with E-state index in [1.54, 1.807) is 6.07 Å². The summed E-state index contributed by atoms with van der Waals surface area (Å²) in [6.07, 6.45) is 0. The fraction of sp³-hybridized carbons (Fsp3) is 0.278. The average Bonchev–Trinajstić information content (AvgIpc) is 2.89. The van der Waals surface area contributed by atoms with Gasteiger partial charge in [0.1, 0.15) is 17.2 Å². The number of phenols is 3. The Morgan fingerprint density at radius 3 is 1.88 bits per heavy atom. The molecule has 40 heavy (non-hydrogen) atoms. The molecule has 0 atom stereocenters. The summed E-state index contributed by atoms with van der Waals surface area (Å²) in [6, 6.07) is 25.2. The molecule has 0 amide bonds. The lowest BCUT2D eigenvalue weighted by Gasteiger charge is -2.28. The predicted molar refractivity (Wildman–Crippen MR) is 164 cm³/mol. The predicted octanol–water partition coefficient (Wildman–Crippen LogP) is 9.09. The Morgan fingerprint density at radius 2 is 1.23 bits per heavy atom. The highest BCUT2D eigenvalue weighted by Crippen LogP contribution is 2.46. The van der Waals surface area contributed by atoms with Gasteiger partial charge in [-0.05, 0) is 61.7 Å². The zero-order chi connectivity index (χ0) is 28.8. The van der Waals surface area contributed by atoms with Gasteiger partial charge in [-0.1, -0.05) is 102 Å². The highest BCUT2D eigenvalue weighted by molar-refractivity contribution is 6.10. The molecular formula is C36H38O4. The van der Waals surface area contributed by atoms with Gasteiger partial charge in [0.15, 0.2) is 0 Å². The Hall–Kier alpha value is -4.02. The first kappa shape index (κ1) is 27.5. The monoisotopic (exact) mass is 534 g/mol. The maximum atomic E-state index is 11.6. The first-order chi connectivity index (χ1) is 18.9. The van der Waals surface area contributed by atoms with Crippen LogP contribution in [0.1, 0.15) is 63.8 Å². The number of ether oxygens (including phenoxy) is 1. The van der Waals surface area contributed by atoms with Crippen LogP contribution in [0.2, 0.25) is 0 Å². The van der Waals surface area contributed by atoms with Crippen LogP contribution >= 0.6 is 0 Å². The largest absolute Gasteiger partial charge is 0.508 e. The third-order valence-corrected chi connectivity index (χ3v) is 7.66. The Balaban J connectivity index is 1.57. The van der Waals surface area contributed by atoms with Gasteiger partial charge in [0, 0.05) is 22.3 Å².